The van der Waals surface area contributed by atoms with E-state index in [1.54, 1.807) is 0 Å². The van der Waals surface area contributed by atoms with E-state index in [-0.39, 0.29) is 11.2 Å². The fraction of sp³-hybridized carbons (Fsp3) is 0.438. The van der Waals surface area contributed by atoms with E-state index in [0.29, 0.717) is 12.3 Å². The number of fused-ring (bicyclic) bond motifs is 1. The maximum absolute atomic E-state index is 12.4. The Morgan fingerprint density at radius 2 is 2.05 bits per heavy atom. The maximum atomic E-state index is 12.4. The Balaban J connectivity index is 2.27. The molecule has 1 unspecified atom stereocenters. The average molecular weight is 322 g/mol. The Kier molecular flexibility index (Phi) is 3.86. The fourth-order valence-electron chi connectivity index (χ4n) is 2.02. The number of nitrogens with one attached hydrogen (secondary N) is 1. The number of halogens is 1. The first-order valence-corrected chi connectivity index (χ1v) is 7.38. The number of hydrogen-bond acceptors (Lipinski definition) is 1. The van der Waals surface area contributed by atoms with Crippen molar-refractivity contribution in [1.82, 2.24) is 4.98 Å². The van der Waals surface area contributed by atoms with Gasteiger partial charge in [0.25, 0.3) is 0 Å². The first-order chi connectivity index (χ1) is 8.79. The first kappa shape index (κ1) is 14.3. The van der Waals surface area contributed by atoms with Crippen LogP contribution < -0.4 is 0 Å². The van der Waals surface area contributed by atoms with E-state index in [9.17, 15) is 4.79 Å². The summed E-state index contributed by atoms with van der Waals surface area (Å²) in [6.45, 7) is 8.68. The summed E-state index contributed by atoms with van der Waals surface area (Å²) < 4.78 is 1.02. The number of aromatic nitrogens is 1. The number of benzene rings is 1. The van der Waals surface area contributed by atoms with Gasteiger partial charge in [-0.25, -0.2) is 0 Å². The SMILES string of the molecule is CC(CC(=O)c1c[nH]c2cc(Br)ccc12)C(C)(C)C. The summed E-state index contributed by atoms with van der Waals surface area (Å²) in [5, 5.41) is 1.01. The predicted octanol–water partition coefficient (Wildman–Crippen LogP) is 5.19. The Labute approximate surface area is 122 Å². The quantitative estimate of drug-likeness (QED) is 0.776. The molecule has 3 heteroatoms. The molecular formula is C16H20BrNO. The van der Waals surface area contributed by atoms with E-state index >= 15 is 0 Å². The van der Waals surface area contributed by atoms with Crippen molar-refractivity contribution >= 4 is 32.6 Å². The number of rotatable bonds is 3. The molecular weight excluding hydrogens is 302 g/mol. The monoisotopic (exact) mass is 321 g/mol. The van der Waals surface area contributed by atoms with E-state index in [1.165, 1.54) is 0 Å². The lowest BCUT2D eigenvalue weighted by Crippen LogP contribution is -2.20. The Morgan fingerprint density at radius 1 is 1.37 bits per heavy atom. The zero-order valence-electron chi connectivity index (χ0n) is 11.9. The zero-order valence-corrected chi connectivity index (χ0v) is 13.5. The molecule has 1 heterocycles. The highest BCUT2D eigenvalue weighted by Crippen LogP contribution is 2.30. The van der Waals surface area contributed by atoms with E-state index in [4.69, 9.17) is 0 Å². The molecule has 0 aliphatic heterocycles. The van der Waals surface area contributed by atoms with Crippen LogP contribution in [0.2, 0.25) is 0 Å². The van der Waals surface area contributed by atoms with Gasteiger partial charge in [0.1, 0.15) is 0 Å². The summed E-state index contributed by atoms with van der Waals surface area (Å²) in [6, 6.07) is 5.96. The summed E-state index contributed by atoms with van der Waals surface area (Å²) in [4.78, 5) is 15.6. The molecule has 2 rings (SSSR count). The first-order valence-electron chi connectivity index (χ1n) is 6.59. The summed E-state index contributed by atoms with van der Waals surface area (Å²) in [6.07, 6.45) is 2.42. The Hall–Kier alpha value is -1.09. The van der Waals surface area contributed by atoms with E-state index < -0.39 is 0 Å². The van der Waals surface area contributed by atoms with Gasteiger partial charge in [-0.2, -0.15) is 0 Å². The van der Waals surface area contributed by atoms with Crippen LogP contribution in [-0.4, -0.2) is 10.8 Å². The number of carbonyl (C=O) groups excluding carboxylic acids is 1. The van der Waals surface area contributed by atoms with Gasteiger partial charge < -0.3 is 4.98 Å². The summed E-state index contributed by atoms with van der Waals surface area (Å²) in [5.41, 5.74) is 1.96. The number of ketones is 1. The standard InChI is InChI=1S/C16H20BrNO/c1-10(16(2,3)4)7-15(19)13-9-18-14-8-11(17)5-6-12(13)14/h5-6,8-10,18H,7H2,1-4H3. The van der Waals surface area contributed by atoms with Gasteiger partial charge in [0, 0.05) is 33.6 Å². The lowest BCUT2D eigenvalue weighted by molar-refractivity contribution is 0.0929. The third kappa shape index (κ3) is 3.08. The van der Waals surface area contributed by atoms with Crippen molar-refractivity contribution in [2.24, 2.45) is 11.3 Å². The molecule has 0 fully saturated rings. The van der Waals surface area contributed by atoms with Gasteiger partial charge in [0.2, 0.25) is 0 Å². The second kappa shape index (κ2) is 5.12. The van der Waals surface area contributed by atoms with Crippen molar-refractivity contribution in [3.8, 4) is 0 Å². The molecule has 0 amide bonds. The van der Waals surface area contributed by atoms with Crippen molar-refractivity contribution in [3.05, 3.63) is 34.4 Å². The highest BCUT2D eigenvalue weighted by molar-refractivity contribution is 9.10. The predicted molar refractivity (Wildman–Crippen MR) is 83.6 cm³/mol. The molecule has 102 valence electrons. The molecule has 19 heavy (non-hydrogen) atoms. The second-order valence-electron chi connectivity index (χ2n) is 6.29. The van der Waals surface area contributed by atoms with Gasteiger partial charge in [-0.15, -0.1) is 0 Å². The summed E-state index contributed by atoms with van der Waals surface area (Å²) in [7, 11) is 0. The third-order valence-corrected chi connectivity index (χ3v) is 4.41. The van der Waals surface area contributed by atoms with E-state index in [0.717, 1.165) is 20.9 Å². The van der Waals surface area contributed by atoms with Crippen LogP contribution in [0.5, 0.6) is 0 Å². The minimum absolute atomic E-state index is 0.158. The second-order valence-corrected chi connectivity index (χ2v) is 7.20. The highest BCUT2D eigenvalue weighted by Gasteiger charge is 2.24. The highest BCUT2D eigenvalue weighted by atomic mass is 79.9. The molecule has 0 saturated heterocycles. The van der Waals surface area contributed by atoms with E-state index in [2.05, 4.69) is 48.6 Å². The molecule has 2 nitrogen and oxygen atoms in total. The molecule has 0 radical (unpaired) electrons. The van der Waals surface area contributed by atoms with Gasteiger partial charge in [0.05, 0.1) is 0 Å². The zero-order chi connectivity index (χ0) is 14.2. The van der Waals surface area contributed by atoms with Crippen LogP contribution in [0.3, 0.4) is 0 Å². The molecule has 0 aliphatic rings. The minimum atomic E-state index is 0.158. The lowest BCUT2D eigenvalue weighted by Gasteiger charge is -2.26. The van der Waals surface area contributed by atoms with Crippen molar-refractivity contribution in [2.75, 3.05) is 0 Å². The van der Waals surface area contributed by atoms with Gasteiger partial charge in [0.15, 0.2) is 5.78 Å². The minimum Gasteiger partial charge on any atom is -0.360 e. The van der Waals surface area contributed by atoms with Crippen LogP contribution in [0.4, 0.5) is 0 Å². The molecule has 0 aliphatic carbocycles. The molecule has 2 aromatic rings. The molecule has 1 atom stereocenters. The third-order valence-electron chi connectivity index (χ3n) is 3.91. The van der Waals surface area contributed by atoms with Crippen LogP contribution in [-0.2, 0) is 0 Å². The average Bonchev–Trinajstić information content (AvgIpc) is 2.70. The lowest BCUT2D eigenvalue weighted by atomic mass is 9.78. The number of H-pyrrole nitrogens is 1. The number of Topliss-reactive ketones (excluding diaryl/α,β-unsaturated/α-hetero) is 1. The van der Waals surface area contributed by atoms with Gasteiger partial charge in [-0.1, -0.05) is 49.7 Å². The summed E-state index contributed by atoms with van der Waals surface area (Å²) in [5.74, 6) is 0.580. The van der Waals surface area contributed by atoms with Crippen LogP contribution in [0, 0.1) is 11.3 Å². The number of hydrogen-bond donors (Lipinski definition) is 1. The van der Waals surface area contributed by atoms with Crippen LogP contribution in [0.15, 0.2) is 28.9 Å². The topological polar surface area (TPSA) is 32.9 Å². The molecule has 0 bridgehead atoms. The number of carbonyl (C=O) groups is 1. The molecule has 1 N–H and O–H groups in total. The largest absolute Gasteiger partial charge is 0.360 e. The van der Waals surface area contributed by atoms with Crippen LogP contribution >= 0.6 is 15.9 Å². The van der Waals surface area contributed by atoms with Crippen LogP contribution in [0.1, 0.15) is 44.5 Å². The van der Waals surface area contributed by atoms with Gasteiger partial charge in [-0.05, 0) is 23.5 Å². The molecule has 0 saturated carbocycles. The van der Waals surface area contributed by atoms with Crippen molar-refractivity contribution < 1.29 is 4.79 Å². The maximum Gasteiger partial charge on any atom is 0.165 e. The summed E-state index contributed by atoms with van der Waals surface area (Å²) >= 11 is 3.44. The Morgan fingerprint density at radius 3 is 2.68 bits per heavy atom. The van der Waals surface area contributed by atoms with Crippen molar-refractivity contribution in [3.63, 3.8) is 0 Å². The van der Waals surface area contributed by atoms with Crippen LogP contribution in [0.25, 0.3) is 10.9 Å². The molecule has 1 aromatic heterocycles. The van der Waals surface area contributed by atoms with Crippen molar-refractivity contribution in [1.29, 1.82) is 0 Å². The normalized spacial score (nSPS) is 13.7. The smallest absolute Gasteiger partial charge is 0.165 e. The number of aromatic amines is 1. The van der Waals surface area contributed by atoms with E-state index in [1.807, 2.05) is 24.4 Å². The van der Waals surface area contributed by atoms with Gasteiger partial charge in [-0.3, -0.25) is 4.79 Å². The van der Waals surface area contributed by atoms with Gasteiger partial charge >= 0.3 is 0 Å². The fourth-order valence-corrected chi connectivity index (χ4v) is 2.38. The van der Waals surface area contributed by atoms with Crippen molar-refractivity contribution in [2.45, 2.75) is 34.1 Å². The molecule has 0 spiro atoms. The Bertz CT molecular complexity index is 607. The molecule has 1 aromatic carbocycles.